The van der Waals surface area contributed by atoms with Crippen molar-refractivity contribution in [1.29, 1.82) is 0 Å². The molecule has 0 radical (unpaired) electrons. The molecule has 5 nitrogen and oxygen atoms in total. The topological polar surface area (TPSA) is 67.4 Å². The Labute approximate surface area is 154 Å². The third-order valence-electron chi connectivity index (χ3n) is 3.01. The van der Waals surface area contributed by atoms with Crippen molar-refractivity contribution in [3.63, 3.8) is 0 Å². The fourth-order valence-electron chi connectivity index (χ4n) is 1.96. The Kier molecular flexibility index (Phi) is 7.05. The molecule has 0 aliphatic carbocycles. The lowest BCUT2D eigenvalue weighted by atomic mass is 10.2. The van der Waals surface area contributed by atoms with Gasteiger partial charge >= 0.3 is 0 Å². The second kappa shape index (κ2) is 9.50. The zero-order valence-electron chi connectivity index (χ0n) is 13.6. The van der Waals surface area contributed by atoms with Crippen LogP contribution in [-0.4, -0.2) is 25.0 Å². The number of carbonyl (C=O) groups is 2. The lowest BCUT2D eigenvalue weighted by Gasteiger charge is -2.05. The summed E-state index contributed by atoms with van der Waals surface area (Å²) in [5.41, 5.74) is 1.24. The van der Waals surface area contributed by atoms with Gasteiger partial charge in [0, 0.05) is 28.7 Å². The number of anilines is 1. The van der Waals surface area contributed by atoms with E-state index in [1.54, 1.807) is 42.5 Å². The van der Waals surface area contributed by atoms with E-state index >= 15 is 0 Å². The molecule has 0 aliphatic rings. The first kappa shape index (κ1) is 18.6. The van der Waals surface area contributed by atoms with E-state index in [4.69, 9.17) is 4.74 Å². The largest absolute Gasteiger partial charge is 0.481 e. The molecular weight excluding hydrogens is 384 g/mol. The van der Waals surface area contributed by atoms with Gasteiger partial charge < -0.3 is 15.4 Å². The maximum Gasteiger partial charge on any atom is 0.252 e. The SMILES string of the molecule is CC(=O)Nc1cccc(OCC#CCNC(=O)c2cccc(Br)c2)c1. The first-order valence-electron chi connectivity index (χ1n) is 7.54. The Morgan fingerprint density at radius 3 is 2.68 bits per heavy atom. The van der Waals surface area contributed by atoms with E-state index in [9.17, 15) is 9.59 Å². The highest BCUT2D eigenvalue weighted by Crippen LogP contribution is 2.17. The van der Waals surface area contributed by atoms with Crippen molar-refractivity contribution in [2.24, 2.45) is 0 Å². The molecule has 2 amide bonds. The monoisotopic (exact) mass is 400 g/mol. The summed E-state index contributed by atoms with van der Waals surface area (Å²) in [6.45, 7) is 1.87. The van der Waals surface area contributed by atoms with Gasteiger partial charge in [-0.05, 0) is 30.3 Å². The molecule has 0 bridgehead atoms. The molecule has 0 saturated heterocycles. The van der Waals surface area contributed by atoms with Gasteiger partial charge in [0.1, 0.15) is 12.4 Å². The fourth-order valence-corrected chi connectivity index (χ4v) is 2.36. The van der Waals surface area contributed by atoms with Gasteiger partial charge in [-0.15, -0.1) is 0 Å². The van der Waals surface area contributed by atoms with Crippen molar-refractivity contribution in [1.82, 2.24) is 5.32 Å². The van der Waals surface area contributed by atoms with Crippen LogP contribution < -0.4 is 15.4 Å². The number of benzene rings is 2. The maximum atomic E-state index is 11.9. The van der Waals surface area contributed by atoms with E-state index in [1.807, 2.05) is 6.07 Å². The van der Waals surface area contributed by atoms with E-state index in [-0.39, 0.29) is 25.0 Å². The first-order chi connectivity index (χ1) is 12.0. The van der Waals surface area contributed by atoms with Gasteiger partial charge in [0.25, 0.3) is 5.91 Å². The molecule has 2 rings (SSSR count). The summed E-state index contributed by atoms with van der Waals surface area (Å²) in [7, 11) is 0. The second-order valence-electron chi connectivity index (χ2n) is 5.04. The lowest BCUT2D eigenvalue weighted by molar-refractivity contribution is -0.114. The van der Waals surface area contributed by atoms with Crippen LogP contribution >= 0.6 is 15.9 Å². The summed E-state index contributed by atoms with van der Waals surface area (Å²) in [5.74, 6) is 5.95. The molecule has 2 aromatic rings. The standard InChI is InChI=1S/C19H17BrN2O3/c1-14(23)22-17-8-5-9-18(13-17)25-11-3-2-10-21-19(24)15-6-4-7-16(20)12-15/h4-9,12-13H,10-11H2,1H3,(H,21,24)(H,22,23). The van der Waals surface area contributed by atoms with Crippen molar-refractivity contribution in [3.05, 3.63) is 58.6 Å². The minimum atomic E-state index is -0.181. The quantitative estimate of drug-likeness (QED) is 0.757. The molecule has 0 aliphatic heterocycles. The molecule has 0 heterocycles. The zero-order chi connectivity index (χ0) is 18.1. The Morgan fingerprint density at radius 1 is 1.12 bits per heavy atom. The van der Waals surface area contributed by atoms with Crippen LogP contribution in [0.15, 0.2) is 53.0 Å². The average Bonchev–Trinajstić information content (AvgIpc) is 2.57. The van der Waals surface area contributed by atoms with Gasteiger partial charge in [-0.1, -0.05) is 39.9 Å². The van der Waals surface area contributed by atoms with E-state index in [1.165, 1.54) is 6.92 Å². The van der Waals surface area contributed by atoms with Gasteiger partial charge in [-0.2, -0.15) is 0 Å². The smallest absolute Gasteiger partial charge is 0.252 e. The lowest BCUT2D eigenvalue weighted by Crippen LogP contribution is -2.23. The maximum absolute atomic E-state index is 11.9. The number of rotatable bonds is 5. The number of carbonyl (C=O) groups excluding carboxylic acids is 2. The number of ether oxygens (including phenoxy) is 1. The van der Waals surface area contributed by atoms with E-state index in [2.05, 4.69) is 38.4 Å². The normalized spacial score (nSPS) is 9.52. The molecular formula is C19H17BrN2O3. The van der Waals surface area contributed by atoms with Crippen LogP contribution in [0.5, 0.6) is 5.75 Å². The number of amides is 2. The van der Waals surface area contributed by atoms with Crippen LogP contribution in [0.2, 0.25) is 0 Å². The van der Waals surface area contributed by atoms with Crippen LogP contribution in [0.1, 0.15) is 17.3 Å². The fraction of sp³-hybridized carbons (Fsp3) is 0.158. The highest BCUT2D eigenvalue weighted by molar-refractivity contribution is 9.10. The number of hydrogen-bond acceptors (Lipinski definition) is 3. The van der Waals surface area contributed by atoms with E-state index in [0.717, 1.165) is 4.47 Å². The summed E-state index contributed by atoms with van der Waals surface area (Å²) in [6.07, 6.45) is 0. The van der Waals surface area contributed by atoms with Crippen LogP contribution in [0.3, 0.4) is 0 Å². The Bertz CT molecular complexity index is 825. The second-order valence-corrected chi connectivity index (χ2v) is 5.96. The average molecular weight is 401 g/mol. The molecule has 25 heavy (non-hydrogen) atoms. The molecule has 128 valence electrons. The van der Waals surface area contributed by atoms with Crippen molar-refractivity contribution in [3.8, 4) is 17.6 Å². The third-order valence-corrected chi connectivity index (χ3v) is 3.51. The number of halogens is 1. The van der Waals surface area contributed by atoms with E-state index < -0.39 is 0 Å². The van der Waals surface area contributed by atoms with Gasteiger partial charge in [-0.3, -0.25) is 9.59 Å². The van der Waals surface area contributed by atoms with Crippen LogP contribution in [0.4, 0.5) is 5.69 Å². The molecule has 0 fully saturated rings. The van der Waals surface area contributed by atoms with Crippen molar-refractivity contribution >= 4 is 33.4 Å². The zero-order valence-corrected chi connectivity index (χ0v) is 15.2. The summed E-state index contributed by atoms with van der Waals surface area (Å²) < 4.78 is 6.34. The van der Waals surface area contributed by atoms with Crippen molar-refractivity contribution < 1.29 is 14.3 Å². The Balaban J connectivity index is 1.76. The van der Waals surface area contributed by atoms with Crippen molar-refractivity contribution in [2.75, 3.05) is 18.5 Å². The summed E-state index contributed by atoms with van der Waals surface area (Å²) in [4.78, 5) is 22.9. The minimum absolute atomic E-state index is 0.141. The summed E-state index contributed by atoms with van der Waals surface area (Å²) in [6, 6.07) is 14.2. The van der Waals surface area contributed by atoms with Crippen LogP contribution in [-0.2, 0) is 4.79 Å². The molecule has 2 aromatic carbocycles. The Hall–Kier alpha value is -2.78. The van der Waals surface area contributed by atoms with Gasteiger partial charge in [0.2, 0.25) is 5.91 Å². The van der Waals surface area contributed by atoms with Gasteiger partial charge in [0.15, 0.2) is 0 Å². The van der Waals surface area contributed by atoms with Gasteiger partial charge in [-0.25, -0.2) is 0 Å². The summed E-state index contributed by atoms with van der Waals surface area (Å²) >= 11 is 3.33. The molecule has 0 spiro atoms. The highest BCUT2D eigenvalue weighted by atomic mass is 79.9. The molecule has 0 unspecified atom stereocenters. The van der Waals surface area contributed by atoms with Crippen LogP contribution in [0.25, 0.3) is 0 Å². The van der Waals surface area contributed by atoms with Crippen molar-refractivity contribution in [2.45, 2.75) is 6.92 Å². The highest BCUT2D eigenvalue weighted by Gasteiger charge is 2.03. The predicted molar refractivity (Wildman–Crippen MR) is 100 cm³/mol. The molecule has 2 N–H and O–H groups in total. The third kappa shape index (κ3) is 6.69. The summed E-state index contributed by atoms with van der Waals surface area (Å²) in [5, 5.41) is 5.40. The molecule has 0 aromatic heterocycles. The predicted octanol–water partition coefficient (Wildman–Crippen LogP) is 3.22. The molecule has 6 heteroatoms. The van der Waals surface area contributed by atoms with Crippen LogP contribution in [0, 0.1) is 11.8 Å². The minimum Gasteiger partial charge on any atom is -0.481 e. The van der Waals surface area contributed by atoms with E-state index in [0.29, 0.717) is 17.0 Å². The first-order valence-corrected chi connectivity index (χ1v) is 8.34. The number of nitrogens with one attached hydrogen (secondary N) is 2. The Morgan fingerprint density at radius 2 is 1.92 bits per heavy atom. The molecule has 0 atom stereocenters. The molecule has 0 saturated carbocycles. The van der Waals surface area contributed by atoms with Gasteiger partial charge in [0.05, 0.1) is 6.54 Å². The number of hydrogen-bond donors (Lipinski definition) is 2.